The minimum absolute atomic E-state index is 0.153. The number of amides is 1. The van der Waals surface area contributed by atoms with Gasteiger partial charge in [0.25, 0.3) is 0 Å². The third-order valence-corrected chi connectivity index (χ3v) is 3.56. The summed E-state index contributed by atoms with van der Waals surface area (Å²) in [4.78, 5) is 23.6. The van der Waals surface area contributed by atoms with Crippen LogP contribution < -0.4 is 15.3 Å². The molecule has 0 heterocycles. The van der Waals surface area contributed by atoms with Gasteiger partial charge in [-0.3, -0.25) is 4.79 Å². The highest BCUT2D eigenvalue weighted by Gasteiger charge is 2.20. The van der Waals surface area contributed by atoms with Crippen molar-refractivity contribution in [2.75, 3.05) is 19.4 Å². The summed E-state index contributed by atoms with van der Waals surface area (Å²) in [5.74, 6) is -1.62. The molecule has 0 bridgehead atoms. The molecule has 130 valence electrons. The maximum absolute atomic E-state index is 12.0. The molecule has 0 radical (unpaired) electrons. The first-order valence-corrected chi connectivity index (χ1v) is 7.83. The molecule has 0 spiro atoms. The summed E-state index contributed by atoms with van der Waals surface area (Å²) in [6.45, 7) is 0. The number of rotatable bonds is 7. The first-order chi connectivity index (χ1) is 12.0. The molecular formula is C18H20N4O3. The van der Waals surface area contributed by atoms with Crippen LogP contribution in [0.4, 0.5) is 17.1 Å². The molecular weight excluding hydrogens is 320 g/mol. The van der Waals surface area contributed by atoms with Crippen LogP contribution in [0.5, 0.6) is 0 Å². The van der Waals surface area contributed by atoms with Gasteiger partial charge in [0.05, 0.1) is 37.9 Å². The normalized spacial score (nSPS) is 12.3. The van der Waals surface area contributed by atoms with Crippen LogP contribution in [0, 0.1) is 0 Å². The van der Waals surface area contributed by atoms with Crippen molar-refractivity contribution in [3.63, 3.8) is 0 Å². The van der Waals surface area contributed by atoms with Crippen molar-refractivity contribution >= 4 is 28.9 Å². The third-order valence-electron chi connectivity index (χ3n) is 3.56. The molecule has 1 atom stereocenters. The van der Waals surface area contributed by atoms with E-state index in [1.165, 1.54) is 0 Å². The second kappa shape index (κ2) is 8.70. The average molecular weight is 340 g/mol. The van der Waals surface area contributed by atoms with Crippen molar-refractivity contribution in [2.24, 2.45) is 10.2 Å². The van der Waals surface area contributed by atoms with E-state index in [-0.39, 0.29) is 12.3 Å². The Morgan fingerprint density at radius 1 is 1.00 bits per heavy atom. The maximum atomic E-state index is 12.0. The van der Waals surface area contributed by atoms with Gasteiger partial charge in [-0.25, -0.2) is 0 Å². The Kier molecular flexibility index (Phi) is 6.36. The fourth-order valence-corrected chi connectivity index (χ4v) is 2.14. The smallest absolute Gasteiger partial charge is 0.230 e. The number of carboxylic acid groups (broad SMARTS) is 1. The highest BCUT2D eigenvalue weighted by atomic mass is 16.4. The van der Waals surface area contributed by atoms with Crippen molar-refractivity contribution < 1.29 is 19.6 Å². The molecule has 0 saturated carbocycles. The Morgan fingerprint density at radius 2 is 1.56 bits per heavy atom. The zero-order valence-electron chi connectivity index (χ0n) is 14.1. The molecule has 2 aromatic rings. The number of nitrogens with zero attached hydrogens (tertiary/aromatic N) is 2. The topological polar surface area (TPSA) is 98.4 Å². The molecule has 0 saturated heterocycles. The van der Waals surface area contributed by atoms with E-state index in [1.54, 1.807) is 38.4 Å². The minimum atomic E-state index is -1.24. The number of quaternary nitrogens is 1. The van der Waals surface area contributed by atoms with Gasteiger partial charge in [-0.05, 0) is 36.4 Å². The van der Waals surface area contributed by atoms with Crippen molar-refractivity contribution in [2.45, 2.75) is 12.5 Å². The van der Waals surface area contributed by atoms with Gasteiger partial charge < -0.3 is 20.1 Å². The van der Waals surface area contributed by atoms with Gasteiger partial charge in [-0.1, -0.05) is 18.2 Å². The van der Waals surface area contributed by atoms with Crippen LogP contribution in [0.2, 0.25) is 0 Å². The molecule has 0 fully saturated rings. The van der Waals surface area contributed by atoms with Crippen molar-refractivity contribution in [1.82, 2.24) is 0 Å². The van der Waals surface area contributed by atoms with Crippen molar-refractivity contribution in [3.8, 4) is 0 Å². The Hall–Kier alpha value is -3.06. The van der Waals surface area contributed by atoms with Gasteiger partial charge in [0.2, 0.25) is 5.91 Å². The highest BCUT2D eigenvalue weighted by Crippen LogP contribution is 2.20. The molecule has 2 N–H and O–H groups in total. The van der Waals surface area contributed by atoms with Crippen LogP contribution in [0.15, 0.2) is 64.8 Å². The van der Waals surface area contributed by atoms with Gasteiger partial charge in [-0.15, -0.1) is 0 Å². The van der Waals surface area contributed by atoms with Crippen LogP contribution in [-0.4, -0.2) is 32.0 Å². The lowest BCUT2D eigenvalue weighted by Gasteiger charge is -2.21. The number of azo groups is 1. The van der Waals surface area contributed by atoms with Crippen LogP contribution >= 0.6 is 0 Å². The number of carboxylic acids is 1. The van der Waals surface area contributed by atoms with E-state index >= 15 is 0 Å². The number of aliphatic carboxylic acids is 1. The largest absolute Gasteiger partial charge is 0.544 e. The second-order valence-corrected chi connectivity index (χ2v) is 5.78. The van der Waals surface area contributed by atoms with E-state index in [2.05, 4.69) is 15.5 Å². The Morgan fingerprint density at radius 3 is 2.08 bits per heavy atom. The molecule has 7 nitrogen and oxygen atoms in total. The Balaban J connectivity index is 1.94. The molecule has 2 rings (SSSR count). The van der Waals surface area contributed by atoms with E-state index in [9.17, 15) is 14.7 Å². The number of hydrogen-bond acceptors (Lipinski definition) is 5. The molecule has 0 unspecified atom stereocenters. The molecule has 25 heavy (non-hydrogen) atoms. The number of carbonyl (C=O) groups is 2. The predicted octanol–water partition coefficient (Wildman–Crippen LogP) is 0.694. The first-order valence-electron chi connectivity index (χ1n) is 7.83. The maximum Gasteiger partial charge on any atom is 0.230 e. The summed E-state index contributed by atoms with van der Waals surface area (Å²) in [6, 6.07) is 15.3. The zero-order valence-corrected chi connectivity index (χ0v) is 14.1. The lowest BCUT2D eigenvalue weighted by molar-refractivity contribution is -0.878. The van der Waals surface area contributed by atoms with Gasteiger partial charge in [0, 0.05) is 5.69 Å². The number of hydrogen-bond donors (Lipinski definition) is 2. The summed E-state index contributed by atoms with van der Waals surface area (Å²) in [6.07, 6.45) is -0.153. The number of likely N-dealkylation sites (N-methyl/N-ethyl adjacent to an activating group) is 1. The van der Waals surface area contributed by atoms with Crippen LogP contribution in [-0.2, 0) is 9.59 Å². The molecule has 1 amide bonds. The molecule has 0 aromatic heterocycles. The monoisotopic (exact) mass is 340 g/mol. The van der Waals surface area contributed by atoms with E-state index in [0.717, 1.165) is 5.69 Å². The molecule has 2 aromatic carbocycles. The SMILES string of the molecule is C[NH+](C)[C@H](CC(=O)Nc1ccc(N=Nc2ccccc2)cc1)C(=O)[O-]. The molecule has 0 aliphatic heterocycles. The standard InChI is InChI=1S/C18H20N4O3/c1-22(2)16(18(24)25)12-17(23)19-13-8-10-15(11-9-13)21-20-14-6-4-3-5-7-14/h3-11,16H,12H2,1-2H3,(H,19,23)(H,24,25)/t16-/m1/s1. The summed E-state index contributed by atoms with van der Waals surface area (Å²) >= 11 is 0. The van der Waals surface area contributed by atoms with E-state index < -0.39 is 12.0 Å². The molecule has 7 heteroatoms. The first kappa shape index (κ1) is 18.3. The Labute approximate surface area is 146 Å². The van der Waals surface area contributed by atoms with Gasteiger partial charge >= 0.3 is 0 Å². The van der Waals surface area contributed by atoms with Crippen LogP contribution in [0.25, 0.3) is 0 Å². The third kappa shape index (κ3) is 5.82. The summed E-state index contributed by atoms with van der Waals surface area (Å²) in [5.41, 5.74) is 1.96. The highest BCUT2D eigenvalue weighted by molar-refractivity contribution is 5.93. The molecule has 0 aliphatic carbocycles. The van der Waals surface area contributed by atoms with Gasteiger partial charge in [0.1, 0.15) is 6.04 Å². The van der Waals surface area contributed by atoms with Crippen molar-refractivity contribution in [3.05, 3.63) is 54.6 Å². The lowest BCUT2D eigenvalue weighted by atomic mass is 10.2. The summed E-state index contributed by atoms with van der Waals surface area (Å²) in [5, 5.41) is 21.9. The average Bonchev–Trinajstić information content (AvgIpc) is 2.59. The fraction of sp³-hybridized carbons (Fsp3) is 0.222. The zero-order chi connectivity index (χ0) is 18.2. The van der Waals surface area contributed by atoms with Crippen LogP contribution in [0.1, 0.15) is 6.42 Å². The van der Waals surface area contributed by atoms with E-state index in [0.29, 0.717) is 16.3 Å². The van der Waals surface area contributed by atoms with Crippen molar-refractivity contribution in [1.29, 1.82) is 0 Å². The second-order valence-electron chi connectivity index (χ2n) is 5.78. The number of nitrogens with one attached hydrogen (secondary N) is 2. The van der Waals surface area contributed by atoms with Gasteiger partial charge in [0.15, 0.2) is 0 Å². The van der Waals surface area contributed by atoms with Gasteiger partial charge in [-0.2, -0.15) is 10.2 Å². The molecule has 0 aliphatic rings. The number of carbonyl (C=O) groups excluding carboxylic acids is 2. The van der Waals surface area contributed by atoms with E-state index in [4.69, 9.17) is 0 Å². The summed E-state index contributed by atoms with van der Waals surface area (Å²) in [7, 11) is 3.33. The number of benzene rings is 2. The van der Waals surface area contributed by atoms with Crippen LogP contribution in [0.3, 0.4) is 0 Å². The predicted molar refractivity (Wildman–Crippen MR) is 91.9 cm³/mol. The fourth-order valence-electron chi connectivity index (χ4n) is 2.14. The lowest BCUT2D eigenvalue weighted by Crippen LogP contribution is -3.12. The number of anilines is 1. The quantitative estimate of drug-likeness (QED) is 0.726. The van der Waals surface area contributed by atoms with E-state index in [1.807, 2.05) is 30.3 Å². The Bertz CT molecular complexity index is 743. The minimum Gasteiger partial charge on any atom is -0.544 e. The summed E-state index contributed by atoms with van der Waals surface area (Å²) < 4.78 is 0.